The molecule has 0 aliphatic heterocycles. The highest BCUT2D eigenvalue weighted by atomic mass is 31.2. The number of rotatable bonds is 6. The summed E-state index contributed by atoms with van der Waals surface area (Å²) in [5.41, 5.74) is 0.979. The minimum Gasteiger partial charge on any atom is -0.341 e. The van der Waals surface area contributed by atoms with E-state index in [2.05, 4.69) is 6.58 Å². The fourth-order valence-electron chi connectivity index (χ4n) is 1.72. The Balaban J connectivity index is 2.88. The average Bonchev–Trinajstić information content (AvgIpc) is 2.29. The summed E-state index contributed by atoms with van der Waals surface area (Å²) in [6.07, 6.45) is 4.43. The molecule has 0 bridgehead atoms. The molecule has 0 saturated heterocycles. The highest BCUT2D eigenvalue weighted by Gasteiger charge is 2.22. The Morgan fingerprint density at radius 1 is 1.44 bits per heavy atom. The summed E-state index contributed by atoms with van der Waals surface area (Å²) in [4.78, 5) is 10.0. The Morgan fingerprint density at radius 3 is 2.75 bits per heavy atom. The van der Waals surface area contributed by atoms with Crippen LogP contribution >= 0.6 is 7.37 Å². The van der Waals surface area contributed by atoms with Crippen molar-refractivity contribution in [2.45, 2.75) is 26.2 Å². The molecule has 1 N–H and O–H groups in total. The van der Waals surface area contributed by atoms with Crippen LogP contribution in [-0.4, -0.2) is 11.1 Å². The molecule has 0 radical (unpaired) electrons. The number of hydrogen-bond donors (Lipinski definition) is 1. The molecule has 16 heavy (non-hydrogen) atoms. The molecule has 0 saturated carbocycles. The zero-order valence-electron chi connectivity index (χ0n) is 9.72. The third-order valence-electron chi connectivity index (χ3n) is 2.62. The number of unbranched alkanes of at least 4 members (excludes halogenated alkanes) is 1. The van der Waals surface area contributed by atoms with Gasteiger partial charge in [-0.3, -0.25) is 4.57 Å². The predicted molar refractivity (Wildman–Crippen MR) is 69.6 cm³/mol. The molecule has 1 unspecified atom stereocenters. The lowest BCUT2D eigenvalue weighted by Gasteiger charge is -2.14. The fourth-order valence-corrected chi connectivity index (χ4v) is 3.57. The van der Waals surface area contributed by atoms with Crippen molar-refractivity contribution in [1.29, 1.82) is 0 Å². The van der Waals surface area contributed by atoms with Gasteiger partial charge in [0.2, 0.25) is 7.37 Å². The molecule has 0 spiro atoms. The number of hydrogen-bond acceptors (Lipinski definition) is 1. The molecule has 0 heterocycles. The first-order valence-electron chi connectivity index (χ1n) is 5.63. The van der Waals surface area contributed by atoms with E-state index in [1.54, 1.807) is 12.1 Å². The lowest BCUT2D eigenvalue weighted by atomic mass is 10.2. The lowest BCUT2D eigenvalue weighted by molar-refractivity contribution is 0.487. The Hall–Kier alpha value is -0.850. The van der Waals surface area contributed by atoms with Crippen LogP contribution in [0.4, 0.5) is 0 Å². The topological polar surface area (TPSA) is 37.3 Å². The molecule has 0 amide bonds. The minimum atomic E-state index is -3.18. The largest absolute Gasteiger partial charge is 0.341 e. The summed E-state index contributed by atoms with van der Waals surface area (Å²) in [7, 11) is -3.18. The molecule has 3 heteroatoms. The third kappa shape index (κ3) is 3.33. The van der Waals surface area contributed by atoms with Gasteiger partial charge in [-0.05, 0) is 30.9 Å². The van der Waals surface area contributed by atoms with Crippen LogP contribution in [-0.2, 0) is 11.0 Å². The van der Waals surface area contributed by atoms with Gasteiger partial charge in [0.25, 0.3) is 0 Å². The van der Waals surface area contributed by atoms with Gasteiger partial charge in [-0.25, -0.2) is 0 Å². The van der Waals surface area contributed by atoms with Gasteiger partial charge in [0.05, 0.1) is 0 Å². The first kappa shape index (κ1) is 13.2. The van der Waals surface area contributed by atoms with Gasteiger partial charge in [-0.1, -0.05) is 31.2 Å². The van der Waals surface area contributed by atoms with Gasteiger partial charge in [-0.15, -0.1) is 6.58 Å². The summed E-state index contributed by atoms with van der Waals surface area (Å²) in [5, 5.41) is 0.626. The van der Waals surface area contributed by atoms with E-state index in [1.165, 1.54) is 0 Å². The standard InChI is InChI=1S/C13H19O2P/c1-3-5-8-11-16(14,15)13-10-7-6-9-12(13)4-2/h3,6-7,9-10H,1,4-5,8,11H2,2H3,(H,14,15). The van der Waals surface area contributed by atoms with Gasteiger partial charge in [0, 0.05) is 11.5 Å². The maximum atomic E-state index is 12.2. The maximum Gasteiger partial charge on any atom is 0.229 e. The van der Waals surface area contributed by atoms with Crippen molar-refractivity contribution >= 4 is 12.7 Å². The molecule has 0 aromatic heterocycles. The van der Waals surface area contributed by atoms with Crippen LogP contribution in [0.1, 0.15) is 25.3 Å². The van der Waals surface area contributed by atoms with E-state index in [-0.39, 0.29) is 0 Å². The van der Waals surface area contributed by atoms with Crippen LogP contribution in [0.15, 0.2) is 36.9 Å². The molecule has 88 valence electrons. The average molecular weight is 238 g/mol. The van der Waals surface area contributed by atoms with Crippen molar-refractivity contribution in [1.82, 2.24) is 0 Å². The highest BCUT2D eigenvalue weighted by Crippen LogP contribution is 2.41. The van der Waals surface area contributed by atoms with Gasteiger partial charge in [-0.2, -0.15) is 0 Å². The molecule has 0 aliphatic carbocycles. The predicted octanol–water partition coefficient (Wildman–Crippen LogP) is 3.11. The number of aryl methyl sites for hydroxylation is 1. The van der Waals surface area contributed by atoms with Crippen molar-refractivity contribution in [3.8, 4) is 0 Å². The second-order valence-electron chi connectivity index (χ2n) is 3.84. The van der Waals surface area contributed by atoms with Crippen LogP contribution in [0.5, 0.6) is 0 Å². The Labute approximate surface area is 97.5 Å². The van der Waals surface area contributed by atoms with Crippen molar-refractivity contribution in [3.05, 3.63) is 42.5 Å². The normalized spacial score (nSPS) is 14.4. The molecule has 1 aromatic carbocycles. The van der Waals surface area contributed by atoms with E-state index < -0.39 is 7.37 Å². The van der Waals surface area contributed by atoms with E-state index in [4.69, 9.17) is 0 Å². The summed E-state index contributed by atoms with van der Waals surface area (Å²) >= 11 is 0. The summed E-state index contributed by atoms with van der Waals surface area (Å²) in [6, 6.07) is 7.43. The first-order valence-corrected chi connectivity index (χ1v) is 7.47. The van der Waals surface area contributed by atoms with E-state index in [0.29, 0.717) is 11.5 Å². The van der Waals surface area contributed by atoms with Crippen LogP contribution in [0.2, 0.25) is 0 Å². The Kier molecular flexibility index (Phi) is 4.98. The second kappa shape index (κ2) is 6.03. The SMILES string of the molecule is C=CCCCP(=O)(O)c1ccccc1CC. The third-order valence-corrected chi connectivity index (χ3v) is 4.73. The van der Waals surface area contributed by atoms with Crippen molar-refractivity contribution < 1.29 is 9.46 Å². The molecule has 1 rings (SSSR count). The lowest BCUT2D eigenvalue weighted by Crippen LogP contribution is -2.12. The minimum absolute atomic E-state index is 0.343. The molecular weight excluding hydrogens is 219 g/mol. The van der Waals surface area contributed by atoms with Gasteiger partial charge in [0.1, 0.15) is 0 Å². The molecule has 0 aliphatic rings. The molecular formula is C13H19O2P. The van der Waals surface area contributed by atoms with Crippen LogP contribution in [0.3, 0.4) is 0 Å². The Morgan fingerprint density at radius 2 is 2.12 bits per heavy atom. The fraction of sp³-hybridized carbons (Fsp3) is 0.385. The molecule has 2 nitrogen and oxygen atoms in total. The first-order chi connectivity index (χ1) is 7.61. The summed E-state index contributed by atoms with van der Waals surface area (Å²) < 4.78 is 12.2. The molecule has 0 fully saturated rings. The van der Waals surface area contributed by atoms with Gasteiger partial charge >= 0.3 is 0 Å². The molecule has 1 aromatic rings. The van der Waals surface area contributed by atoms with E-state index in [9.17, 15) is 9.46 Å². The highest BCUT2D eigenvalue weighted by molar-refractivity contribution is 7.66. The van der Waals surface area contributed by atoms with E-state index in [0.717, 1.165) is 24.8 Å². The van der Waals surface area contributed by atoms with Gasteiger partial charge in [0.15, 0.2) is 0 Å². The quantitative estimate of drug-likeness (QED) is 0.469. The summed E-state index contributed by atoms with van der Waals surface area (Å²) in [5.74, 6) is 0. The number of allylic oxidation sites excluding steroid dienone is 1. The van der Waals surface area contributed by atoms with E-state index >= 15 is 0 Å². The smallest absolute Gasteiger partial charge is 0.229 e. The van der Waals surface area contributed by atoms with Crippen LogP contribution < -0.4 is 5.30 Å². The van der Waals surface area contributed by atoms with Crippen LogP contribution in [0.25, 0.3) is 0 Å². The molecule has 1 atom stereocenters. The van der Waals surface area contributed by atoms with Gasteiger partial charge < -0.3 is 4.89 Å². The second-order valence-corrected chi connectivity index (χ2v) is 6.17. The zero-order chi connectivity index (χ0) is 12.0. The van der Waals surface area contributed by atoms with Crippen molar-refractivity contribution in [3.63, 3.8) is 0 Å². The van der Waals surface area contributed by atoms with Crippen molar-refractivity contribution in [2.24, 2.45) is 0 Å². The summed E-state index contributed by atoms with van der Waals surface area (Å²) in [6.45, 7) is 5.62. The Bertz CT molecular complexity index is 399. The van der Waals surface area contributed by atoms with E-state index in [1.807, 2.05) is 25.1 Å². The monoisotopic (exact) mass is 238 g/mol. The zero-order valence-corrected chi connectivity index (χ0v) is 10.6. The van der Waals surface area contributed by atoms with Crippen LogP contribution in [0, 0.1) is 0 Å². The number of benzene rings is 1. The van der Waals surface area contributed by atoms with Crippen molar-refractivity contribution in [2.75, 3.05) is 6.16 Å². The maximum absolute atomic E-state index is 12.2.